The highest BCUT2D eigenvalue weighted by Crippen LogP contribution is 2.23. The van der Waals surface area contributed by atoms with E-state index < -0.39 is 18.5 Å². The molecule has 0 saturated heterocycles. The summed E-state index contributed by atoms with van der Waals surface area (Å²) in [7, 11) is 0. The number of carbonyl (C=O) groups is 2. The second kappa shape index (κ2) is 9.19. The second-order valence-electron chi connectivity index (χ2n) is 5.88. The molecule has 1 aromatic carbocycles. The number of nitriles is 1. The Hall–Kier alpha value is -2.85. The van der Waals surface area contributed by atoms with Crippen LogP contribution in [-0.2, 0) is 16.0 Å². The summed E-state index contributed by atoms with van der Waals surface area (Å²) in [6.45, 7) is 4.99. The number of hydrogen-bond acceptors (Lipinski definition) is 6. The van der Waals surface area contributed by atoms with Crippen molar-refractivity contribution in [1.29, 1.82) is 5.26 Å². The van der Waals surface area contributed by atoms with Crippen molar-refractivity contribution in [3.05, 3.63) is 45.8 Å². The molecule has 8 heteroatoms. The Kier molecular flexibility index (Phi) is 6.97. The Labute approximate surface area is 162 Å². The smallest absolute Gasteiger partial charge is 0.344 e. The van der Waals surface area contributed by atoms with Crippen LogP contribution in [0.4, 0.5) is 5.69 Å². The lowest BCUT2D eigenvalue weighted by molar-refractivity contribution is -0.121. The molecule has 7 nitrogen and oxygen atoms in total. The fourth-order valence-corrected chi connectivity index (χ4v) is 2.67. The Balaban J connectivity index is 2.13. The lowest BCUT2D eigenvalue weighted by atomic mass is 10.1. The monoisotopic (exact) mass is 389 g/mol. The lowest BCUT2D eigenvalue weighted by Gasteiger charge is -2.22. The molecule has 0 bridgehead atoms. The average molecular weight is 390 g/mol. The zero-order valence-corrected chi connectivity index (χ0v) is 16.2. The fourth-order valence-electron chi connectivity index (χ4n) is 2.55. The van der Waals surface area contributed by atoms with E-state index in [-0.39, 0.29) is 18.5 Å². The van der Waals surface area contributed by atoms with Crippen LogP contribution < -0.4 is 4.90 Å². The highest BCUT2D eigenvalue weighted by molar-refractivity contribution is 6.31. The number of esters is 1. The van der Waals surface area contributed by atoms with Gasteiger partial charge in [-0.05, 0) is 44.0 Å². The van der Waals surface area contributed by atoms with E-state index in [1.165, 1.54) is 4.90 Å². The molecule has 27 heavy (non-hydrogen) atoms. The highest BCUT2D eigenvalue weighted by atomic mass is 35.5. The van der Waals surface area contributed by atoms with Gasteiger partial charge in [0.1, 0.15) is 11.3 Å². The van der Waals surface area contributed by atoms with Crippen molar-refractivity contribution >= 4 is 29.2 Å². The first-order valence-corrected chi connectivity index (χ1v) is 8.82. The van der Waals surface area contributed by atoms with Gasteiger partial charge in [0, 0.05) is 17.3 Å². The maximum absolute atomic E-state index is 12.6. The van der Waals surface area contributed by atoms with Gasteiger partial charge in [-0.25, -0.2) is 4.79 Å². The molecular weight excluding hydrogens is 370 g/mol. The summed E-state index contributed by atoms with van der Waals surface area (Å²) in [6, 6.07) is 7.12. The van der Waals surface area contributed by atoms with Gasteiger partial charge in [0.25, 0.3) is 5.91 Å². The van der Waals surface area contributed by atoms with Crippen LogP contribution in [0.3, 0.4) is 0 Å². The summed E-state index contributed by atoms with van der Waals surface area (Å²) in [5, 5.41) is 13.2. The number of rotatable bonds is 7. The Morgan fingerprint density at radius 2 is 2.11 bits per heavy atom. The number of amides is 1. The second-order valence-corrected chi connectivity index (χ2v) is 6.28. The molecule has 0 saturated carbocycles. The first kappa shape index (κ1) is 20.5. The van der Waals surface area contributed by atoms with Crippen LogP contribution in [0.2, 0.25) is 5.02 Å². The molecule has 142 valence electrons. The minimum atomic E-state index is -0.661. The molecule has 0 N–H and O–H groups in total. The Morgan fingerprint density at radius 3 is 2.74 bits per heavy atom. The number of nitrogens with zero attached hydrogens (tertiary/aromatic N) is 3. The summed E-state index contributed by atoms with van der Waals surface area (Å²) in [5.74, 6) is -0.752. The Morgan fingerprint density at radius 1 is 1.37 bits per heavy atom. The minimum absolute atomic E-state index is 0.145. The van der Waals surface area contributed by atoms with Crippen molar-refractivity contribution in [1.82, 2.24) is 5.16 Å². The van der Waals surface area contributed by atoms with Crippen molar-refractivity contribution in [2.45, 2.75) is 33.6 Å². The van der Waals surface area contributed by atoms with Gasteiger partial charge in [-0.3, -0.25) is 4.79 Å². The molecule has 2 rings (SSSR count). The van der Waals surface area contributed by atoms with E-state index in [0.717, 1.165) is 5.56 Å². The number of benzene rings is 1. The topological polar surface area (TPSA) is 96.4 Å². The standard InChI is InChI=1S/C19H20ClN3O4/c1-4-16-18(13(3)27-22-16)19(25)26-11-17(24)23(9-5-8-21)14-6-7-15(20)12(2)10-14/h6-7,10H,4-5,9,11H2,1-3H3. The normalized spacial score (nSPS) is 10.3. The van der Waals surface area contributed by atoms with Crippen molar-refractivity contribution in [3.63, 3.8) is 0 Å². The molecule has 0 aliphatic rings. The molecular formula is C19H20ClN3O4. The maximum atomic E-state index is 12.6. The van der Waals surface area contributed by atoms with Gasteiger partial charge in [-0.2, -0.15) is 5.26 Å². The van der Waals surface area contributed by atoms with E-state index >= 15 is 0 Å². The number of hydrogen-bond donors (Lipinski definition) is 0. The van der Waals surface area contributed by atoms with E-state index in [4.69, 9.17) is 26.1 Å². The average Bonchev–Trinajstić information content (AvgIpc) is 3.03. The van der Waals surface area contributed by atoms with Crippen molar-refractivity contribution < 1.29 is 18.8 Å². The summed E-state index contributed by atoms with van der Waals surface area (Å²) < 4.78 is 10.2. The summed E-state index contributed by atoms with van der Waals surface area (Å²) in [5.41, 5.74) is 2.12. The molecule has 0 aliphatic heterocycles. The summed E-state index contributed by atoms with van der Waals surface area (Å²) in [6.07, 6.45) is 0.653. The van der Waals surface area contributed by atoms with Gasteiger partial charge in [0.05, 0.1) is 18.2 Å². The van der Waals surface area contributed by atoms with Gasteiger partial charge >= 0.3 is 5.97 Å². The first-order chi connectivity index (χ1) is 12.9. The molecule has 2 aromatic rings. The zero-order chi connectivity index (χ0) is 20.0. The number of halogens is 1. The SMILES string of the molecule is CCc1noc(C)c1C(=O)OCC(=O)N(CCC#N)c1ccc(Cl)c(C)c1. The number of aromatic nitrogens is 1. The van der Waals surface area contributed by atoms with Gasteiger partial charge in [0.2, 0.25) is 0 Å². The maximum Gasteiger partial charge on any atom is 0.344 e. The molecule has 1 heterocycles. The quantitative estimate of drug-likeness (QED) is 0.671. The van der Waals surface area contributed by atoms with Gasteiger partial charge in [-0.1, -0.05) is 23.7 Å². The molecule has 0 spiro atoms. The van der Waals surface area contributed by atoms with E-state index in [2.05, 4.69) is 5.16 Å². The van der Waals surface area contributed by atoms with Crippen LogP contribution in [0.1, 0.15) is 40.7 Å². The van der Waals surface area contributed by atoms with Crippen LogP contribution in [0.15, 0.2) is 22.7 Å². The zero-order valence-electron chi connectivity index (χ0n) is 15.4. The number of carbonyl (C=O) groups excluding carboxylic acids is 2. The largest absolute Gasteiger partial charge is 0.452 e. The number of ether oxygens (including phenoxy) is 1. The molecule has 1 aromatic heterocycles. The molecule has 0 aliphatic carbocycles. The van der Waals surface area contributed by atoms with Crippen LogP contribution in [-0.4, -0.2) is 30.2 Å². The fraction of sp³-hybridized carbons (Fsp3) is 0.368. The molecule has 0 unspecified atom stereocenters. The van der Waals surface area contributed by atoms with Gasteiger partial charge < -0.3 is 14.2 Å². The predicted molar refractivity (Wildman–Crippen MR) is 99.7 cm³/mol. The van der Waals surface area contributed by atoms with Gasteiger partial charge in [0.15, 0.2) is 6.61 Å². The van der Waals surface area contributed by atoms with Crippen LogP contribution in [0, 0.1) is 25.2 Å². The molecule has 0 atom stereocenters. The van der Waals surface area contributed by atoms with E-state index in [0.29, 0.717) is 28.6 Å². The van der Waals surface area contributed by atoms with Crippen molar-refractivity contribution in [2.24, 2.45) is 0 Å². The third kappa shape index (κ3) is 4.86. The summed E-state index contributed by atoms with van der Waals surface area (Å²) >= 11 is 6.03. The number of anilines is 1. The lowest BCUT2D eigenvalue weighted by Crippen LogP contribution is -2.35. The highest BCUT2D eigenvalue weighted by Gasteiger charge is 2.23. The van der Waals surface area contributed by atoms with Crippen LogP contribution in [0.25, 0.3) is 0 Å². The number of aryl methyl sites for hydroxylation is 3. The van der Waals surface area contributed by atoms with E-state index in [1.807, 2.05) is 19.9 Å². The van der Waals surface area contributed by atoms with Crippen molar-refractivity contribution in [2.75, 3.05) is 18.1 Å². The van der Waals surface area contributed by atoms with Crippen LogP contribution >= 0.6 is 11.6 Å². The van der Waals surface area contributed by atoms with Crippen molar-refractivity contribution in [3.8, 4) is 6.07 Å². The third-order valence-electron chi connectivity index (χ3n) is 4.00. The molecule has 1 amide bonds. The first-order valence-electron chi connectivity index (χ1n) is 8.44. The summed E-state index contributed by atoms with van der Waals surface area (Å²) in [4.78, 5) is 26.4. The minimum Gasteiger partial charge on any atom is -0.452 e. The molecule has 0 radical (unpaired) electrons. The molecule has 0 fully saturated rings. The third-order valence-corrected chi connectivity index (χ3v) is 4.42. The van der Waals surface area contributed by atoms with Crippen LogP contribution in [0.5, 0.6) is 0 Å². The van der Waals surface area contributed by atoms with Gasteiger partial charge in [-0.15, -0.1) is 0 Å². The Bertz CT molecular complexity index is 886. The van der Waals surface area contributed by atoms with E-state index in [1.54, 1.807) is 25.1 Å². The van der Waals surface area contributed by atoms with E-state index in [9.17, 15) is 9.59 Å². The predicted octanol–water partition coefficient (Wildman–Crippen LogP) is 3.61.